The van der Waals surface area contributed by atoms with Gasteiger partial charge < -0.3 is 0 Å². The van der Waals surface area contributed by atoms with Crippen molar-refractivity contribution < 1.29 is 13.2 Å². The van der Waals surface area contributed by atoms with Crippen molar-refractivity contribution in [1.29, 1.82) is 0 Å². The molecule has 0 N–H and O–H groups in total. The number of dihydropyridines is 1. The number of halogens is 4. The largest absolute Gasteiger partial charge is 0.411 e. The Morgan fingerprint density at radius 1 is 1.54 bits per heavy atom. The lowest BCUT2D eigenvalue weighted by molar-refractivity contribution is -0.154. The highest BCUT2D eigenvalue weighted by atomic mass is 127. The van der Waals surface area contributed by atoms with E-state index < -0.39 is 18.1 Å². The Bertz CT molecular complexity index is 244. The number of hydrogen-bond acceptors (Lipinski definition) is 1. The first-order valence-corrected chi connectivity index (χ1v) is 5.01. The standard InChI is InChI=1S/C8H9F3IN/c1-2-5-3-4-6(12)13-7(5)8(9,10)11/h3-5,7H,2H2,1H3. The molecule has 0 aromatic carbocycles. The monoisotopic (exact) mass is 303 g/mol. The Morgan fingerprint density at radius 2 is 2.15 bits per heavy atom. The molecule has 5 heteroatoms. The van der Waals surface area contributed by atoms with Crippen LogP contribution >= 0.6 is 22.6 Å². The highest BCUT2D eigenvalue weighted by Crippen LogP contribution is 2.33. The Hall–Kier alpha value is -0.0700. The van der Waals surface area contributed by atoms with Crippen LogP contribution in [0.1, 0.15) is 13.3 Å². The van der Waals surface area contributed by atoms with Gasteiger partial charge in [-0.3, -0.25) is 4.99 Å². The van der Waals surface area contributed by atoms with Crippen molar-refractivity contribution >= 4 is 26.3 Å². The Kier molecular flexibility index (Phi) is 3.37. The summed E-state index contributed by atoms with van der Waals surface area (Å²) in [5.41, 5.74) is 0. The summed E-state index contributed by atoms with van der Waals surface area (Å²) in [5, 5.41) is 0. The van der Waals surface area contributed by atoms with E-state index in [1.165, 1.54) is 0 Å². The molecule has 0 fully saturated rings. The molecule has 1 heterocycles. The van der Waals surface area contributed by atoms with E-state index in [2.05, 4.69) is 4.99 Å². The van der Waals surface area contributed by atoms with Gasteiger partial charge in [0, 0.05) is 5.92 Å². The molecule has 1 nitrogen and oxygen atoms in total. The predicted octanol–water partition coefficient (Wildman–Crippen LogP) is 3.35. The number of hydrogen-bond donors (Lipinski definition) is 0. The third kappa shape index (κ3) is 2.69. The van der Waals surface area contributed by atoms with E-state index in [1.54, 1.807) is 41.7 Å². The SMILES string of the molecule is CCC1C=CC(I)=NC1C(F)(F)F. The van der Waals surface area contributed by atoms with E-state index in [1.807, 2.05) is 0 Å². The maximum Gasteiger partial charge on any atom is 0.411 e. The minimum Gasteiger partial charge on any atom is -0.265 e. The highest BCUT2D eigenvalue weighted by molar-refractivity contribution is 14.1. The number of allylic oxidation sites excluding steroid dienone is 1. The van der Waals surface area contributed by atoms with Crippen LogP contribution in [0.5, 0.6) is 0 Å². The van der Waals surface area contributed by atoms with Crippen LogP contribution in [0.3, 0.4) is 0 Å². The molecule has 0 saturated heterocycles. The summed E-state index contributed by atoms with van der Waals surface area (Å²) in [4.78, 5) is 3.60. The maximum atomic E-state index is 12.4. The van der Waals surface area contributed by atoms with E-state index >= 15 is 0 Å². The van der Waals surface area contributed by atoms with Gasteiger partial charge in [-0.1, -0.05) is 13.0 Å². The molecule has 2 unspecified atom stereocenters. The summed E-state index contributed by atoms with van der Waals surface area (Å²) in [5.74, 6) is -0.501. The Morgan fingerprint density at radius 3 is 2.62 bits per heavy atom. The molecule has 0 bridgehead atoms. The van der Waals surface area contributed by atoms with Crippen LogP contribution in [-0.4, -0.2) is 15.9 Å². The van der Waals surface area contributed by atoms with Gasteiger partial charge in [0.05, 0.1) is 3.72 Å². The zero-order valence-electron chi connectivity index (χ0n) is 6.98. The molecular weight excluding hydrogens is 294 g/mol. The second kappa shape index (κ2) is 3.98. The van der Waals surface area contributed by atoms with Gasteiger partial charge in [-0.05, 0) is 35.1 Å². The summed E-state index contributed by atoms with van der Waals surface area (Å²) in [6, 6.07) is -1.55. The fourth-order valence-electron chi connectivity index (χ4n) is 1.26. The minimum atomic E-state index is -4.22. The van der Waals surface area contributed by atoms with E-state index in [4.69, 9.17) is 0 Å². The zero-order chi connectivity index (χ0) is 10.1. The third-order valence-electron chi connectivity index (χ3n) is 1.96. The lowest BCUT2D eigenvalue weighted by atomic mass is 9.95. The summed E-state index contributed by atoms with van der Waals surface area (Å²) < 4.78 is 37.6. The molecule has 0 aromatic heterocycles. The fraction of sp³-hybridized carbons (Fsp3) is 0.625. The molecule has 74 valence electrons. The topological polar surface area (TPSA) is 12.4 Å². The normalized spacial score (nSPS) is 28.8. The van der Waals surface area contributed by atoms with Crippen molar-refractivity contribution in [3.05, 3.63) is 12.2 Å². The average Bonchev–Trinajstić information content (AvgIpc) is 2.03. The molecule has 2 atom stereocenters. The first kappa shape index (κ1) is 11.0. The van der Waals surface area contributed by atoms with Crippen LogP contribution in [0.15, 0.2) is 17.1 Å². The van der Waals surface area contributed by atoms with E-state index in [0.29, 0.717) is 10.1 Å². The van der Waals surface area contributed by atoms with Crippen LogP contribution in [0.25, 0.3) is 0 Å². The summed E-state index contributed by atoms with van der Waals surface area (Å²) in [6.45, 7) is 1.74. The van der Waals surface area contributed by atoms with Gasteiger partial charge in [0.1, 0.15) is 0 Å². The molecule has 0 radical (unpaired) electrons. The van der Waals surface area contributed by atoms with E-state index in [-0.39, 0.29) is 0 Å². The minimum absolute atomic E-state index is 0.421. The van der Waals surface area contributed by atoms with E-state index in [9.17, 15) is 13.2 Å². The van der Waals surface area contributed by atoms with Crippen LogP contribution in [0.4, 0.5) is 13.2 Å². The van der Waals surface area contributed by atoms with Crippen molar-refractivity contribution in [2.75, 3.05) is 0 Å². The Labute approximate surface area is 88.3 Å². The first-order chi connectivity index (χ1) is 5.95. The number of alkyl halides is 3. The smallest absolute Gasteiger partial charge is 0.265 e. The second-order valence-corrected chi connectivity index (χ2v) is 3.97. The van der Waals surface area contributed by atoms with Crippen molar-refractivity contribution in [3.8, 4) is 0 Å². The number of aliphatic imine (C=N–C) groups is 1. The fourth-order valence-corrected chi connectivity index (χ4v) is 1.76. The van der Waals surface area contributed by atoms with Gasteiger partial charge in [0.2, 0.25) is 0 Å². The maximum absolute atomic E-state index is 12.4. The highest BCUT2D eigenvalue weighted by Gasteiger charge is 2.44. The van der Waals surface area contributed by atoms with Gasteiger partial charge in [0.15, 0.2) is 6.04 Å². The van der Waals surface area contributed by atoms with Gasteiger partial charge >= 0.3 is 6.18 Å². The van der Waals surface area contributed by atoms with Gasteiger partial charge in [0.25, 0.3) is 0 Å². The number of nitrogens with zero attached hydrogens (tertiary/aromatic N) is 1. The Balaban J connectivity index is 2.87. The molecule has 0 aromatic rings. The predicted molar refractivity (Wildman–Crippen MR) is 54.2 cm³/mol. The molecule has 1 rings (SSSR count). The lowest BCUT2D eigenvalue weighted by Crippen LogP contribution is -2.35. The van der Waals surface area contributed by atoms with Gasteiger partial charge in [-0.15, -0.1) is 0 Å². The molecular formula is C8H9F3IN. The van der Waals surface area contributed by atoms with Crippen LogP contribution < -0.4 is 0 Å². The quantitative estimate of drug-likeness (QED) is 0.659. The van der Waals surface area contributed by atoms with Crippen LogP contribution in [-0.2, 0) is 0 Å². The first-order valence-electron chi connectivity index (χ1n) is 3.93. The van der Waals surface area contributed by atoms with Crippen molar-refractivity contribution in [2.24, 2.45) is 10.9 Å². The second-order valence-electron chi connectivity index (χ2n) is 2.87. The number of rotatable bonds is 1. The van der Waals surface area contributed by atoms with Crippen molar-refractivity contribution in [2.45, 2.75) is 25.6 Å². The van der Waals surface area contributed by atoms with Crippen LogP contribution in [0, 0.1) is 5.92 Å². The van der Waals surface area contributed by atoms with Crippen molar-refractivity contribution in [3.63, 3.8) is 0 Å². The molecule has 13 heavy (non-hydrogen) atoms. The molecule has 1 aliphatic heterocycles. The van der Waals surface area contributed by atoms with Crippen molar-refractivity contribution in [1.82, 2.24) is 0 Å². The molecule has 0 spiro atoms. The summed E-state index contributed by atoms with van der Waals surface area (Å²) in [6.07, 6.45) is -0.528. The third-order valence-corrected chi connectivity index (χ3v) is 2.59. The van der Waals surface area contributed by atoms with Gasteiger partial charge in [-0.2, -0.15) is 13.2 Å². The molecule has 0 aliphatic carbocycles. The molecule has 1 aliphatic rings. The van der Waals surface area contributed by atoms with E-state index in [0.717, 1.165) is 0 Å². The molecule has 0 amide bonds. The summed E-state index contributed by atoms with van der Waals surface area (Å²) in [7, 11) is 0. The lowest BCUT2D eigenvalue weighted by Gasteiger charge is -2.25. The van der Waals surface area contributed by atoms with Gasteiger partial charge in [-0.25, -0.2) is 0 Å². The molecule has 0 saturated carbocycles. The zero-order valence-corrected chi connectivity index (χ0v) is 9.13. The van der Waals surface area contributed by atoms with Crippen LogP contribution in [0.2, 0.25) is 0 Å². The summed E-state index contributed by atoms with van der Waals surface area (Å²) >= 11 is 1.80. The average molecular weight is 303 g/mol.